The number of aliphatic hydroxyl groups excluding tert-OH is 1. The minimum Gasteiger partial charge on any atom is -0.392 e. The van der Waals surface area contributed by atoms with Crippen LogP contribution in [-0.4, -0.2) is 16.8 Å². The van der Waals surface area contributed by atoms with Crippen molar-refractivity contribution >= 4 is 23.4 Å². The van der Waals surface area contributed by atoms with Crippen LogP contribution in [0, 0.1) is 6.92 Å². The average molecular weight is 287 g/mol. The number of carbonyl (C=O) groups is 1. The standard InChI is InChI=1S/C16H17NO2S/c1-12-5-2-3-8-15(12)17-16(19)11-20-14-7-4-6-13(9-14)10-18/h2-9,18H,10-11H2,1H3,(H,17,19). The lowest BCUT2D eigenvalue weighted by molar-refractivity contribution is -0.113. The van der Waals surface area contributed by atoms with Gasteiger partial charge in [-0.2, -0.15) is 0 Å². The maximum atomic E-state index is 11.9. The van der Waals surface area contributed by atoms with Gasteiger partial charge in [0.05, 0.1) is 12.4 Å². The number of anilines is 1. The monoisotopic (exact) mass is 287 g/mol. The highest BCUT2D eigenvalue weighted by atomic mass is 32.2. The molecule has 0 saturated heterocycles. The number of hydrogen-bond acceptors (Lipinski definition) is 3. The Hall–Kier alpha value is -1.78. The fourth-order valence-electron chi connectivity index (χ4n) is 1.78. The first kappa shape index (κ1) is 14.6. The molecule has 2 aromatic rings. The van der Waals surface area contributed by atoms with Crippen molar-refractivity contribution < 1.29 is 9.90 Å². The highest BCUT2D eigenvalue weighted by Crippen LogP contribution is 2.20. The first-order valence-corrected chi connectivity index (χ1v) is 7.35. The molecule has 3 nitrogen and oxygen atoms in total. The van der Waals surface area contributed by atoms with Crippen LogP contribution < -0.4 is 5.32 Å². The van der Waals surface area contributed by atoms with Gasteiger partial charge >= 0.3 is 0 Å². The Kier molecular flexibility index (Phi) is 5.21. The Bertz CT molecular complexity index is 599. The minimum atomic E-state index is -0.0290. The van der Waals surface area contributed by atoms with E-state index in [9.17, 15) is 4.79 Å². The van der Waals surface area contributed by atoms with Gasteiger partial charge in [0.1, 0.15) is 0 Å². The number of thioether (sulfide) groups is 1. The highest BCUT2D eigenvalue weighted by molar-refractivity contribution is 8.00. The van der Waals surface area contributed by atoms with E-state index in [2.05, 4.69) is 5.32 Å². The van der Waals surface area contributed by atoms with E-state index in [1.807, 2.05) is 55.5 Å². The van der Waals surface area contributed by atoms with Crippen molar-refractivity contribution in [2.24, 2.45) is 0 Å². The quantitative estimate of drug-likeness (QED) is 0.830. The molecule has 4 heteroatoms. The van der Waals surface area contributed by atoms with Crippen molar-refractivity contribution in [3.8, 4) is 0 Å². The lowest BCUT2D eigenvalue weighted by Crippen LogP contribution is -2.14. The van der Waals surface area contributed by atoms with Gasteiger partial charge in [0, 0.05) is 10.6 Å². The van der Waals surface area contributed by atoms with Crippen LogP contribution in [0.3, 0.4) is 0 Å². The van der Waals surface area contributed by atoms with E-state index in [0.29, 0.717) is 5.75 Å². The third-order valence-corrected chi connectivity index (χ3v) is 3.86. The van der Waals surface area contributed by atoms with E-state index in [1.165, 1.54) is 11.8 Å². The zero-order valence-electron chi connectivity index (χ0n) is 11.3. The number of hydrogen-bond donors (Lipinski definition) is 2. The zero-order valence-corrected chi connectivity index (χ0v) is 12.1. The van der Waals surface area contributed by atoms with Crippen LogP contribution in [0.25, 0.3) is 0 Å². The summed E-state index contributed by atoms with van der Waals surface area (Å²) < 4.78 is 0. The molecule has 0 aliphatic heterocycles. The second kappa shape index (κ2) is 7.12. The Balaban J connectivity index is 1.90. The van der Waals surface area contributed by atoms with Gasteiger partial charge in [-0.05, 0) is 36.2 Å². The van der Waals surface area contributed by atoms with Gasteiger partial charge < -0.3 is 10.4 Å². The molecule has 0 bridgehead atoms. The second-order valence-corrected chi connectivity index (χ2v) is 5.51. The number of para-hydroxylation sites is 1. The molecule has 20 heavy (non-hydrogen) atoms. The van der Waals surface area contributed by atoms with Crippen molar-refractivity contribution in [2.75, 3.05) is 11.1 Å². The molecule has 0 heterocycles. The molecule has 104 valence electrons. The predicted octanol–water partition coefficient (Wildman–Crippen LogP) is 3.22. The minimum absolute atomic E-state index is 0.0177. The number of benzene rings is 2. The molecule has 0 aromatic heterocycles. The van der Waals surface area contributed by atoms with Crippen LogP contribution >= 0.6 is 11.8 Å². The summed E-state index contributed by atoms with van der Waals surface area (Å²) >= 11 is 1.46. The van der Waals surface area contributed by atoms with Crippen LogP contribution in [0.4, 0.5) is 5.69 Å². The number of rotatable bonds is 5. The maximum absolute atomic E-state index is 11.9. The van der Waals surface area contributed by atoms with E-state index in [0.717, 1.165) is 21.7 Å². The van der Waals surface area contributed by atoms with E-state index >= 15 is 0 Å². The fourth-order valence-corrected chi connectivity index (χ4v) is 2.56. The largest absolute Gasteiger partial charge is 0.392 e. The van der Waals surface area contributed by atoms with Gasteiger partial charge in [0.25, 0.3) is 0 Å². The molecule has 0 saturated carbocycles. The summed E-state index contributed by atoms with van der Waals surface area (Å²) in [6, 6.07) is 15.3. The first-order valence-electron chi connectivity index (χ1n) is 6.37. The Morgan fingerprint density at radius 1 is 1.20 bits per heavy atom. The van der Waals surface area contributed by atoms with Crippen LogP contribution in [0.5, 0.6) is 0 Å². The third-order valence-electron chi connectivity index (χ3n) is 2.87. The van der Waals surface area contributed by atoms with Crippen molar-refractivity contribution in [3.05, 3.63) is 59.7 Å². The molecule has 2 rings (SSSR count). The smallest absolute Gasteiger partial charge is 0.234 e. The Morgan fingerprint density at radius 2 is 2.00 bits per heavy atom. The van der Waals surface area contributed by atoms with Crippen LogP contribution in [-0.2, 0) is 11.4 Å². The Morgan fingerprint density at radius 3 is 2.75 bits per heavy atom. The fraction of sp³-hybridized carbons (Fsp3) is 0.188. The predicted molar refractivity (Wildman–Crippen MR) is 82.9 cm³/mol. The van der Waals surface area contributed by atoms with E-state index in [-0.39, 0.29) is 12.5 Å². The number of carbonyl (C=O) groups excluding carboxylic acids is 1. The highest BCUT2D eigenvalue weighted by Gasteiger charge is 2.05. The number of aryl methyl sites for hydroxylation is 1. The van der Waals surface area contributed by atoms with Gasteiger partial charge in [0.15, 0.2) is 0 Å². The van der Waals surface area contributed by atoms with Crippen molar-refractivity contribution in [2.45, 2.75) is 18.4 Å². The van der Waals surface area contributed by atoms with E-state index < -0.39 is 0 Å². The number of nitrogens with one attached hydrogen (secondary N) is 1. The summed E-state index contributed by atoms with van der Waals surface area (Å²) in [7, 11) is 0. The molecule has 0 atom stereocenters. The maximum Gasteiger partial charge on any atom is 0.234 e. The van der Waals surface area contributed by atoms with Gasteiger partial charge in [0.2, 0.25) is 5.91 Å². The molecule has 0 aliphatic carbocycles. The Labute approximate surface area is 123 Å². The molecule has 0 radical (unpaired) electrons. The molecule has 2 N–H and O–H groups in total. The van der Waals surface area contributed by atoms with Crippen LogP contribution in [0.2, 0.25) is 0 Å². The summed E-state index contributed by atoms with van der Waals surface area (Å²) in [4.78, 5) is 12.9. The molecule has 0 fully saturated rings. The summed E-state index contributed by atoms with van der Waals surface area (Å²) in [6.07, 6.45) is 0. The van der Waals surface area contributed by atoms with Crippen molar-refractivity contribution in [3.63, 3.8) is 0 Å². The first-order chi connectivity index (χ1) is 9.69. The lowest BCUT2D eigenvalue weighted by Gasteiger charge is -2.08. The van der Waals surface area contributed by atoms with Gasteiger partial charge in [-0.1, -0.05) is 30.3 Å². The van der Waals surface area contributed by atoms with Crippen molar-refractivity contribution in [1.82, 2.24) is 0 Å². The van der Waals surface area contributed by atoms with E-state index in [1.54, 1.807) is 0 Å². The summed E-state index contributed by atoms with van der Waals surface area (Å²) in [5.74, 6) is 0.321. The average Bonchev–Trinajstić information content (AvgIpc) is 2.48. The summed E-state index contributed by atoms with van der Waals surface area (Å²) in [6.45, 7) is 1.98. The van der Waals surface area contributed by atoms with Gasteiger partial charge in [-0.15, -0.1) is 11.8 Å². The molecule has 0 spiro atoms. The normalized spacial score (nSPS) is 10.3. The summed E-state index contributed by atoms with van der Waals surface area (Å²) in [5.41, 5.74) is 2.75. The van der Waals surface area contributed by atoms with E-state index in [4.69, 9.17) is 5.11 Å². The SMILES string of the molecule is Cc1ccccc1NC(=O)CSc1cccc(CO)c1. The topological polar surface area (TPSA) is 49.3 Å². The zero-order chi connectivity index (χ0) is 14.4. The number of amides is 1. The third kappa shape index (κ3) is 4.11. The van der Waals surface area contributed by atoms with Crippen molar-refractivity contribution in [1.29, 1.82) is 0 Å². The second-order valence-electron chi connectivity index (χ2n) is 4.46. The molecule has 1 amide bonds. The lowest BCUT2D eigenvalue weighted by atomic mass is 10.2. The van der Waals surface area contributed by atoms with Gasteiger partial charge in [-0.25, -0.2) is 0 Å². The van der Waals surface area contributed by atoms with Gasteiger partial charge in [-0.3, -0.25) is 4.79 Å². The van der Waals surface area contributed by atoms with Crippen LogP contribution in [0.1, 0.15) is 11.1 Å². The number of aliphatic hydroxyl groups is 1. The molecule has 0 aliphatic rings. The molecular formula is C16H17NO2S. The van der Waals surface area contributed by atoms with Crippen LogP contribution in [0.15, 0.2) is 53.4 Å². The molecule has 2 aromatic carbocycles. The molecular weight excluding hydrogens is 270 g/mol. The summed E-state index contributed by atoms with van der Waals surface area (Å²) in [5, 5.41) is 12.0. The molecule has 0 unspecified atom stereocenters.